The van der Waals surface area contributed by atoms with Gasteiger partial charge in [0.2, 0.25) is 0 Å². The van der Waals surface area contributed by atoms with Gasteiger partial charge in [0.05, 0.1) is 17.9 Å². The quantitative estimate of drug-likeness (QED) is 0.429. The largest absolute Gasteiger partial charge is 0.506 e. The van der Waals surface area contributed by atoms with Crippen LogP contribution >= 0.6 is 0 Å². The molecule has 2 atom stereocenters. The number of aromatic hydroxyl groups is 1. The Bertz CT molecular complexity index is 626. The maximum absolute atomic E-state index is 12.0. The number of carbonyl (C=O) groups excluding carboxylic acids is 2. The molecule has 1 aliphatic heterocycles. The summed E-state index contributed by atoms with van der Waals surface area (Å²) in [6, 6.07) is 3.29. The summed E-state index contributed by atoms with van der Waals surface area (Å²) in [7, 11) is 0. The highest BCUT2D eigenvalue weighted by Crippen LogP contribution is 2.29. The summed E-state index contributed by atoms with van der Waals surface area (Å²) in [5.74, 6) is -0.785. The minimum Gasteiger partial charge on any atom is -0.506 e. The van der Waals surface area contributed by atoms with E-state index in [-0.39, 0.29) is 18.0 Å². The molecule has 1 aliphatic rings. The first kappa shape index (κ1) is 16.9. The molecule has 23 heavy (non-hydrogen) atoms. The Labute approximate surface area is 133 Å². The minimum absolute atomic E-state index is 0.0720. The number of hydrogen-bond acceptors (Lipinski definition) is 7. The number of phenolic OH excluding ortho intramolecular Hbond substituents is 1. The van der Waals surface area contributed by atoms with E-state index < -0.39 is 29.8 Å². The molecule has 0 aromatic heterocycles. The molecule has 1 heterocycles. The number of amides is 1. The van der Waals surface area contributed by atoms with Gasteiger partial charge < -0.3 is 26.0 Å². The highest BCUT2D eigenvalue weighted by molar-refractivity contribution is 5.91. The molecule has 1 aromatic rings. The highest BCUT2D eigenvalue weighted by atomic mass is 16.6. The van der Waals surface area contributed by atoms with Gasteiger partial charge in [0.15, 0.2) is 0 Å². The lowest BCUT2D eigenvalue weighted by molar-refractivity contribution is -0.158. The number of cyclic esters (lactones) is 1. The van der Waals surface area contributed by atoms with E-state index >= 15 is 0 Å². The minimum atomic E-state index is -1.09. The Kier molecular flexibility index (Phi) is 4.37. The molecule has 8 heteroatoms. The van der Waals surface area contributed by atoms with Crippen LogP contribution in [0.15, 0.2) is 18.2 Å². The Morgan fingerprint density at radius 1 is 1.48 bits per heavy atom. The van der Waals surface area contributed by atoms with Crippen molar-refractivity contribution in [2.24, 2.45) is 5.73 Å². The second kappa shape index (κ2) is 5.96. The van der Waals surface area contributed by atoms with Crippen molar-refractivity contribution in [2.75, 3.05) is 17.2 Å². The van der Waals surface area contributed by atoms with Crippen molar-refractivity contribution in [2.45, 2.75) is 38.5 Å². The van der Waals surface area contributed by atoms with Crippen molar-refractivity contribution in [3.05, 3.63) is 18.2 Å². The van der Waals surface area contributed by atoms with E-state index in [4.69, 9.17) is 20.9 Å². The van der Waals surface area contributed by atoms with Gasteiger partial charge in [0, 0.05) is 6.07 Å². The van der Waals surface area contributed by atoms with Gasteiger partial charge in [-0.25, -0.2) is 4.79 Å². The van der Waals surface area contributed by atoms with Gasteiger partial charge in [0.25, 0.3) is 0 Å². The van der Waals surface area contributed by atoms with Gasteiger partial charge in [0.1, 0.15) is 23.5 Å². The molecule has 126 valence electrons. The predicted molar refractivity (Wildman–Crippen MR) is 84.0 cm³/mol. The maximum Gasteiger partial charge on any atom is 0.414 e. The first-order valence-corrected chi connectivity index (χ1v) is 7.13. The van der Waals surface area contributed by atoms with E-state index in [2.05, 4.69) is 0 Å². The molecule has 1 amide bonds. The van der Waals surface area contributed by atoms with Gasteiger partial charge in [-0.1, -0.05) is 0 Å². The fraction of sp³-hybridized carbons (Fsp3) is 0.467. The molecule has 0 bridgehead atoms. The van der Waals surface area contributed by atoms with E-state index in [0.717, 1.165) is 0 Å². The molecule has 0 saturated carbocycles. The van der Waals surface area contributed by atoms with Crippen LogP contribution in [0.4, 0.5) is 16.2 Å². The number of rotatable bonds is 3. The topological polar surface area (TPSA) is 128 Å². The number of carbonyl (C=O) groups is 2. The third kappa shape index (κ3) is 3.84. The summed E-state index contributed by atoms with van der Waals surface area (Å²) in [5, 5.41) is 9.64. The standard InChI is InChI=1S/C15H21N3O5/c1-15(2,3)23-13(20)12(17)11-7-18(14(21)22-11)8-4-5-9(16)10(19)6-8/h4-6,11-12,19H,7,16-17H2,1-3H3/t11-,12?/m0/s1. The summed E-state index contributed by atoms with van der Waals surface area (Å²) in [6.07, 6.45) is -1.49. The molecule has 2 rings (SSSR count). The molecule has 1 saturated heterocycles. The molecular weight excluding hydrogens is 302 g/mol. The number of nitrogen functional groups attached to an aromatic ring is 1. The van der Waals surface area contributed by atoms with E-state index in [0.29, 0.717) is 5.69 Å². The van der Waals surface area contributed by atoms with Gasteiger partial charge in [-0.05, 0) is 32.9 Å². The van der Waals surface area contributed by atoms with Crippen LogP contribution in [0.1, 0.15) is 20.8 Å². The zero-order valence-electron chi connectivity index (χ0n) is 13.3. The average Bonchev–Trinajstić information content (AvgIpc) is 2.81. The van der Waals surface area contributed by atoms with Crippen molar-refractivity contribution in [1.29, 1.82) is 0 Å². The number of anilines is 2. The van der Waals surface area contributed by atoms with Gasteiger partial charge in [-0.2, -0.15) is 0 Å². The lowest BCUT2D eigenvalue weighted by atomic mass is 10.1. The molecule has 5 N–H and O–H groups in total. The third-order valence-corrected chi connectivity index (χ3v) is 3.24. The maximum atomic E-state index is 12.0. The van der Waals surface area contributed by atoms with Crippen LogP contribution in [0, 0.1) is 0 Å². The Morgan fingerprint density at radius 2 is 2.13 bits per heavy atom. The van der Waals surface area contributed by atoms with Crippen molar-refractivity contribution in [3.63, 3.8) is 0 Å². The van der Waals surface area contributed by atoms with E-state index in [1.54, 1.807) is 26.8 Å². The predicted octanol–water partition coefficient (Wildman–Crippen LogP) is 0.969. The van der Waals surface area contributed by atoms with Gasteiger partial charge in [-0.3, -0.25) is 9.69 Å². The zero-order chi connectivity index (χ0) is 17.4. The van der Waals surface area contributed by atoms with E-state index in [1.807, 2.05) is 0 Å². The number of benzene rings is 1. The van der Waals surface area contributed by atoms with Crippen LogP contribution in [0.25, 0.3) is 0 Å². The van der Waals surface area contributed by atoms with Crippen molar-refractivity contribution < 1.29 is 24.2 Å². The first-order chi connectivity index (χ1) is 10.6. The molecule has 8 nitrogen and oxygen atoms in total. The van der Waals surface area contributed by atoms with Crippen LogP contribution in [0.5, 0.6) is 5.75 Å². The summed E-state index contributed by atoms with van der Waals surface area (Å²) in [5.41, 5.74) is 11.3. The van der Waals surface area contributed by atoms with Gasteiger partial charge >= 0.3 is 12.1 Å². The number of nitrogens with zero attached hydrogens (tertiary/aromatic N) is 1. The monoisotopic (exact) mass is 323 g/mol. The molecule has 1 fully saturated rings. The second-order valence-corrected chi connectivity index (χ2v) is 6.34. The van der Waals surface area contributed by atoms with E-state index in [9.17, 15) is 14.7 Å². The van der Waals surface area contributed by atoms with Crippen LogP contribution in [-0.4, -0.2) is 41.5 Å². The zero-order valence-corrected chi connectivity index (χ0v) is 13.3. The molecule has 0 radical (unpaired) electrons. The molecule has 1 unspecified atom stereocenters. The third-order valence-electron chi connectivity index (χ3n) is 3.24. The average molecular weight is 323 g/mol. The Morgan fingerprint density at radius 3 is 2.70 bits per heavy atom. The lowest BCUT2D eigenvalue weighted by Gasteiger charge is -2.23. The van der Waals surface area contributed by atoms with Crippen molar-refractivity contribution in [3.8, 4) is 5.75 Å². The van der Waals surface area contributed by atoms with Crippen LogP contribution in [0.3, 0.4) is 0 Å². The summed E-state index contributed by atoms with van der Waals surface area (Å²) in [4.78, 5) is 25.2. The van der Waals surface area contributed by atoms with Crippen LogP contribution < -0.4 is 16.4 Å². The summed E-state index contributed by atoms with van der Waals surface area (Å²) < 4.78 is 10.3. The first-order valence-electron chi connectivity index (χ1n) is 7.13. The second-order valence-electron chi connectivity index (χ2n) is 6.34. The molecule has 0 aliphatic carbocycles. The number of ether oxygens (including phenoxy) is 2. The highest BCUT2D eigenvalue weighted by Gasteiger charge is 2.40. The SMILES string of the molecule is CC(C)(C)OC(=O)C(N)[C@@H]1CN(c2ccc(N)c(O)c2)C(=O)O1. The van der Waals surface area contributed by atoms with Crippen LogP contribution in [0.2, 0.25) is 0 Å². The fourth-order valence-electron chi connectivity index (χ4n) is 2.10. The summed E-state index contributed by atoms with van der Waals surface area (Å²) in [6.45, 7) is 5.24. The smallest absolute Gasteiger partial charge is 0.414 e. The normalized spacial score (nSPS) is 19.4. The fourth-order valence-corrected chi connectivity index (χ4v) is 2.10. The molecule has 1 aromatic carbocycles. The van der Waals surface area contributed by atoms with Gasteiger partial charge in [-0.15, -0.1) is 0 Å². The Hall–Kier alpha value is -2.48. The molecule has 0 spiro atoms. The van der Waals surface area contributed by atoms with Crippen molar-refractivity contribution in [1.82, 2.24) is 0 Å². The lowest BCUT2D eigenvalue weighted by Crippen LogP contribution is -2.47. The number of phenols is 1. The number of hydrogen-bond donors (Lipinski definition) is 3. The van der Waals surface area contributed by atoms with E-state index in [1.165, 1.54) is 17.0 Å². The Balaban J connectivity index is 2.10. The van der Waals surface area contributed by atoms with Crippen molar-refractivity contribution >= 4 is 23.4 Å². The van der Waals surface area contributed by atoms with Crippen LogP contribution in [-0.2, 0) is 14.3 Å². The summed E-state index contributed by atoms with van der Waals surface area (Å²) >= 11 is 0. The number of esters is 1. The number of nitrogens with two attached hydrogens (primary N) is 2. The molecular formula is C15H21N3O5.